The molecule has 1 aromatic heterocycles. The van der Waals surface area contributed by atoms with E-state index < -0.39 is 0 Å². The lowest BCUT2D eigenvalue weighted by Crippen LogP contribution is -2.07. The van der Waals surface area contributed by atoms with Crippen LogP contribution in [0.15, 0.2) is 18.2 Å². The molecule has 0 aliphatic heterocycles. The summed E-state index contributed by atoms with van der Waals surface area (Å²) in [5.74, 6) is 1.41. The van der Waals surface area contributed by atoms with Gasteiger partial charge in [0.1, 0.15) is 11.6 Å². The van der Waals surface area contributed by atoms with Gasteiger partial charge in [0.15, 0.2) is 0 Å². The van der Waals surface area contributed by atoms with Crippen LogP contribution in [0.1, 0.15) is 40.7 Å². The molecule has 0 radical (unpaired) electrons. The summed E-state index contributed by atoms with van der Waals surface area (Å²) in [4.78, 5) is 9.00. The molecule has 0 aliphatic rings. The van der Waals surface area contributed by atoms with E-state index in [2.05, 4.69) is 48.9 Å². The van der Waals surface area contributed by atoms with Gasteiger partial charge in [-0.05, 0) is 43.9 Å². The number of nitrogens with two attached hydrogens (primary N) is 1. The van der Waals surface area contributed by atoms with Gasteiger partial charge >= 0.3 is 0 Å². The second-order valence-corrected chi connectivity index (χ2v) is 5.05. The molecule has 3 heteroatoms. The average molecular weight is 255 g/mol. The Kier molecular flexibility index (Phi) is 3.84. The Labute approximate surface area is 114 Å². The Bertz CT molecular complexity index is 603. The number of benzene rings is 1. The molecule has 0 amide bonds. The summed E-state index contributed by atoms with van der Waals surface area (Å²) < 4.78 is 0. The highest BCUT2D eigenvalue weighted by atomic mass is 15.0. The molecule has 0 bridgehead atoms. The van der Waals surface area contributed by atoms with E-state index in [4.69, 9.17) is 5.73 Å². The van der Waals surface area contributed by atoms with Crippen molar-refractivity contribution in [2.45, 2.75) is 40.5 Å². The van der Waals surface area contributed by atoms with Crippen molar-refractivity contribution in [1.29, 1.82) is 0 Å². The minimum Gasteiger partial charge on any atom is -0.383 e. The number of rotatable bonds is 3. The number of nitrogen functional groups attached to an aromatic ring is 1. The maximum Gasteiger partial charge on any atom is 0.135 e. The number of anilines is 1. The highest BCUT2D eigenvalue weighted by molar-refractivity contribution is 5.42. The summed E-state index contributed by atoms with van der Waals surface area (Å²) in [5, 5.41) is 0. The van der Waals surface area contributed by atoms with Crippen LogP contribution in [0, 0.1) is 20.8 Å². The Morgan fingerprint density at radius 3 is 2.42 bits per heavy atom. The maximum absolute atomic E-state index is 5.95. The first-order chi connectivity index (χ1) is 9.01. The Balaban J connectivity index is 2.32. The number of aromatic nitrogens is 2. The molecule has 2 rings (SSSR count). The normalized spacial score (nSPS) is 10.7. The molecule has 1 aromatic carbocycles. The SMILES string of the molecule is CCc1nc(Cc2ccc(C)c(C)c2)nc(N)c1C. The maximum atomic E-state index is 5.95. The molecular formula is C16H21N3. The van der Waals surface area contributed by atoms with Gasteiger partial charge in [-0.2, -0.15) is 0 Å². The van der Waals surface area contributed by atoms with E-state index in [0.717, 1.165) is 29.9 Å². The van der Waals surface area contributed by atoms with Crippen molar-refractivity contribution in [3.8, 4) is 0 Å². The zero-order valence-corrected chi connectivity index (χ0v) is 12.1. The van der Waals surface area contributed by atoms with E-state index >= 15 is 0 Å². The van der Waals surface area contributed by atoms with Crippen LogP contribution in [0.25, 0.3) is 0 Å². The van der Waals surface area contributed by atoms with Crippen molar-refractivity contribution >= 4 is 5.82 Å². The highest BCUT2D eigenvalue weighted by Gasteiger charge is 2.08. The fraction of sp³-hybridized carbons (Fsp3) is 0.375. The van der Waals surface area contributed by atoms with Crippen molar-refractivity contribution in [3.63, 3.8) is 0 Å². The van der Waals surface area contributed by atoms with Gasteiger partial charge in [-0.3, -0.25) is 0 Å². The quantitative estimate of drug-likeness (QED) is 0.916. The number of nitrogens with zero attached hydrogens (tertiary/aromatic N) is 2. The fourth-order valence-electron chi connectivity index (χ4n) is 2.15. The van der Waals surface area contributed by atoms with Crippen molar-refractivity contribution in [2.24, 2.45) is 0 Å². The fourth-order valence-corrected chi connectivity index (χ4v) is 2.15. The van der Waals surface area contributed by atoms with Gasteiger partial charge in [-0.15, -0.1) is 0 Å². The van der Waals surface area contributed by atoms with E-state index in [1.807, 2.05) is 6.92 Å². The van der Waals surface area contributed by atoms with Crippen LogP contribution in [-0.4, -0.2) is 9.97 Å². The van der Waals surface area contributed by atoms with Gasteiger partial charge in [0.25, 0.3) is 0 Å². The zero-order valence-electron chi connectivity index (χ0n) is 12.1. The van der Waals surface area contributed by atoms with Crippen molar-refractivity contribution in [3.05, 3.63) is 52.0 Å². The summed E-state index contributed by atoms with van der Waals surface area (Å²) in [6.07, 6.45) is 1.62. The summed E-state index contributed by atoms with van der Waals surface area (Å²) in [6.45, 7) is 8.32. The minimum absolute atomic E-state index is 0.602. The molecular weight excluding hydrogens is 234 g/mol. The van der Waals surface area contributed by atoms with Crippen LogP contribution in [-0.2, 0) is 12.8 Å². The second kappa shape index (κ2) is 5.39. The zero-order chi connectivity index (χ0) is 14.0. The average Bonchev–Trinajstić information content (AvgIpc) is 2.38. The van der Waals surface area contributed by atoms with Gasteiger partial charge < -0.3 is 5.73 Å². The molecule has 2 N–H and O–H groups in total. The third-order valence-electron chi connectivity index (χ3n) is 3.60. The smallest absolute Gasteiger partial charge is 0.135 e. The van der Waals surface area contributed by atoms with E-state index in [-0.39, 0.29) is 0 Å². The first kappa shape index (κ1) is 13.5. The number of aryl methyl sites for hydroxylation is 3. The number of hydrogen-bond donors (Lipinski definition) is 1. The summed E-state index contributed by atoms with van der Waals surface area (Å²) in [7, 11) is 0. The molecule has 0 saturated carbocycles. The second-order valence-electron chi connectivity index (χ2n) is 5.05. The van der Waals surface area contributed by atoms with Crippen LogP contribution in [0.3, 0.4) is 0 Å². The standard InChI is InChI=1S/C16H21N3/c1-5-14-12(4)16(17)19-15(18-14)9-13-7-6-10(2)11(3)8-13/h6-8H,5,9H2,1-4H3,(H2,17,18,19). The Hall–Kier alpha value is -1.90. The van der Waals surface area contributed by atoms with Crippen LogP contribution in [0.2, 0.25) is 0 Å². The van der Waals surface area contributed by atoms with E-state index in [1.54, 1.807) is 0 Å². The Morgan fingerprint density at radius 2 is 1.79 bits per heavy atom. The first-order valence-electron chi connectivity index (χ1n) is 6.69. The molecule has 2 aromatic rings. The molecule has 100 valence electrons. The molecule has 3 nitrogen and oxygen atoms in total. The van der Waals surface area contributed by atoms with Crippen LogP contribution in [0.4, 0.5) is 5.82 Å². The summed E-state index contributed by atoms with van der Waals surface area (Å²) in [5.41, 5.74) is 11.8. The van der Waals surface area contributed by atoms with E-state index in [0.29, 0.717) is 5.82 Å². The summed E-state index contributed by atoms with van der Waals surface area (Å²) >= 11 is 0. The number of hydrogen-bond acceptors (Lipinski definition) is 3. The van der Waals surface area contributed by atoms with Crippen LogP contribution >= 0.6 is 0 Å². The topological polar surface area (TPSA) is 51.8 Å². The minimum atomic E-state index is 0.602. The first-order valence-corrected chi connectivity index (χ1v) is 6.69. The predicted molar refractivity (Wildman–Crippen MR) is 79.3 cm³/mol. The summed E-state index contributed by atoms with van der Waals surface area (Å²) in [6, 6.07) is 6.47. The molecule has 0 aliphatic carbocycles. The molecule has 0 atom stereocenters. The van der Waals surface area contributed by atoms with Crippen molar-refractivity contribution < 1.29 is 0 Å². The molecule has 0 unspecified atom stereocenters. The lowest BCUT2D eigenvalue weighted by atomic mass is 10.0. The molecule has 19 heavy (non-hydrogen) atoms. The lowest BCUT2D eigenvalue weighted by molar-refractivity contribution is 0.894. The van der Waals surface area contributed by atoms with Crippen LogP contribution < -0.4 is 5.73 Å². The highest BCUT2D eigenvalue weighted by Crippen LogP contribution is 2.16. The predicted octanol–water partition coefficient (Wildman–Crippen LogP) is 3.14. The molecule has 1 heterocycles. The monoisotopic (exact) mass is 255 g/mol. The van der Waals surface area contributed by atoms with Gasteiger partial charge in [0.2, 0.25) is 0 Å². The van der Waals surface area contributed by atoms with Gasteiger partial charge in [-0.25, -0.2) is 9.97 Å². The Morgan fingerprint density at radius 1 is 1.05 bits per heavy atom. The molecule has 0 fully saturated rings. The molecule has 0 saturated heterocycles. The largest absolute Gasteiger partial charge is 0.383 e. The third kappa shape index (κ3) is 2.92. The van der Waals surface area contributed by atoms with Gasteiger partial charge in [-0.1, -0.05) is 25.1 Å². The van der Waals surface area contributed by atoms with E-state index in [1.165, 1.54) is 16.7 Å². The van der Waals surface area contributed by atoms with Crippen molar-refractivity contribution in [2.75, 3.05) is 5.73 Å². The van der Waals surface area contributed by atoms with Gasteiger partial charge in [0.05, 0.1) is 0 Å². The van der Waals surface area contributed by atoms with Crippen molar-refractivity contribution in [1.82, 2.24) is 9.97 Å². The third-order valence-corrected chi connectivity index (χ3v) is 3.60. The molecule has 0 spiro atoms. The van der Waals surface area contributed by atoms with Gasteiger partial charge in [0, 0.05) is 17.7 Å². The van der Waals surface area contributed by atoms with Crippen LogP contribution in [0.5, 0.6) is 0 Å². The lowest BCUT2D eigenvalue weighted by Gasteiger charge is -2.09. The van der Waals surface area contributed by atoms with E-state index in [9.17, 15) is 0 Å².